The van der Waals surface area contributed by atoms with Crippen molar-refractivity contribution in [3.63, 3.8) is 0 Å². The Balaban J connectivity index is 0. The molecule has 0 amide bonds. The van der Waals surface area contributed by atoms with E-state index in [-0.39, 0.29) is 0 Å². The number of ketones is 4. The number of Topliss-reactive ketones (excluding diaryl/α,β-unsaturated/α-hetero) is 4. The molecule has 0 heterocycles. The fraction of sp³-hybridized carbons (Fsp3) is 0.455. The molecule has 0 aliphatic carbocycles. The summed E-state index contributed by atoms with van der Waals surface area (Å²) in [6.07, 6.45) is 0. The maximum atomic E-state index is 11.7. The third kappa shape index (κ3) is 5.94. The second-order valence-corrected chi connectivity index (χ2v) is 4.79. The first kappa shape index (κ1) is 22.5. The molecular weight excluding hydrogens is 340 g/mol. The number of ether oxygens (including phenoxy) is 1. The Labute approximate surface area is 131 Å². The molecule has 0 fully saturated rings. The molecule has 2 N–H and O–H groups in total. The average Bonchev–Trinajstić information content (AvgIpc) is 2.25. The SMILES string of the molecule is CC(=O)OC(=O)C(=O)C(C(C)=O)(C(C)=O)C(C)=O.[O]=[Ti]([OH])[OH]. The molecule has 11 heteroatoms. The molecule has 0 unspecified atom stereocenters. The van der Waals surface area contributed by atoms with Gasteiger partial charge in [0.15, 0.2) is 17.3 Å². The molecule has 0 atom stereocenters. The van der Waals surface area contributed by atoms with Crippen LogP contribution in [0.1, 0.15) is 27.7 Å². The van der Waals surface area contributed by atoms with Crippen molar-refractivity contribution in [3.8, 4) is 0 Å². The fourth-order valence-corrected chi connectivity index (χ4v) is 1.55. The van der Waals surface area contributed by atoms with E-state index in [0.717, 1.165) is 27.7 Å². The van der Waals surface area contributed by atoms with Gasteiger partial charge < -0.3 is 4.74 Å². The topological polar surface area (TPSA) is 169 Å². The van der Waals surface area contributed by atoms with E-state index in [2.05, 4.69) is 4.74 Å². The van der Waals surface area contributed by atoms with Gasteiger partial charge in [-0.15, -0.1) is 0 Å². The summed E-state index contributed by atoms with van der Waals surface area (Å²) in [5.41, 5.74) is -2.72. The third-order valence-electron chi connectivity index (χ3n) is 2.35. The number of carbonyl (C=O) groups is 6. The Morgan fingerprint density at radius 2 is 1.09 bits per heavy atom. The van der Waals surface area contributed by atoms with E-state index in [1.807, 2.05) is 0 Å². The summed E-state index contributed by atoms with van der Waals surface area (Å²) in [5.74, 6) is -7.71. The van der Waals surface area contributed by atoms with Crippen LogP contribution in [0.3, 0.4) is 0 Å². The second kappa shape index (κ2) is 9.31. The van der Waals surface area contributed by atoms with Crippen molar-refractivity contribution in [1.29, 1.82) is 0 Å². The number of carbonyl (C=O) groups excluding carboxylic acids is 6. The molecule has 122 valence electrons. The van der Waals surface area contributed by atoms with Crippen LogP contribution in [0, 0.1) is 5.41 Å². The van der Waals surface area contributed by atoms with Crippen LogP contribution in [0.4, 0.5) is 0 Å². The van der Waals surface area contributed by atoms with E-state index in [4.69, 9.17) is 10.7 Å². The number of hydrogen-bond donors (Lipinski definition) is 2. The van der Waals surface area contributed by atoms with Gasteiger partial charge in [-0.3, -0.25) is 24.0 Å². The van der Waals surface area contributed by atoms with Crippen LogP contribution in [0.2, 0.25) is 0 Å². The zero-order valence-electron chi connectivity index (χ0n) is 12.2. The van der Waals surface area contributed by atoms with Crippen molar-refractivity contribution in [1.82, 2.24) is 0 Å². The molecule has 0 aromatic carbocycles. The Kier molecular flexibility index (Phi) is 9.53. The fourth-order valence-electron chi connectivity index (χ4n) is 1.55. The van der Waals surface area contributed by atoms with Crippen molar-refractivity contribution in [3.05, 3.63) is 0 Å². The van der Waals surface area contributed by atoms with Gasteiger partial charge in [-0.05, 0) is 20.8 Å². The van der Waals surface area contributed by atoms with Gasteiger partial charge in [0.25, 0.3) is 5.78 Å². The molecular formula is C11H14O10Ti. The van der Waals surface area contributed by atoms with Gasteiger partial charge in [0.1, 0.15) is 0 Å². The Morgan fingerprint density at radius 1 is 0.818 bits per heavy atom. The molecule has 0 rings (SSSR count). The van der Waals surface area contributed by atoms with Gasteiger partial charge in [0.05, 0.1) is 0 Å². The quantitative estimate of drug-likeness (QED) is 0.248. The first-order valence-corrected chi connectivity index (χ1v) is 7.57. The van der Waals surface area contributed by atoms with E-state index >= 15 is 0 Å². The minimum atomic E-state index is -3.58. The first-order chi connectivity index (χ1) is 9.81. The third-order valence-corrected chi connectivity index (χ3v) is 2.35. The standard InChI is InChI=1S/C11H12O7.2H2O.O.Ti/c1-5(12)11(6(2)13,7(3)14)9(16)10(17)18-8(4)15;;;;/h1-4H3;2*1H2;;/q;;;;+2/p-2. The van der Waals surface area contributed by atoms with Crippen LogP contribution in [-0.2, 0) is 55.4 Å². The van der Waals surface area contributed by atoms with Crippen molar-refractivity contribution in [2.75, 3.05) is 0 Å². The number of hydrogen-bond acceptors (Lipinski definition) is 8. The van der Waals surface area contributed by atoms with Crippen LogP contribution in [0.25, 0.3) is 0 Å². The first-order valence-electron chi connectivity index (χ1n) is 5.53. The molecule has 0 spiro atoms. The van der Waals surface area contributed by atoms with Crippen LogP contribution >= 0.6 is 0 Å². The zero-order valence-corrected chi connectivity index (χ0v) is 13.7. The number of rotatable bonds is 5. The monoisotopic (exact) mass is 354 g/mol. The molecule has 0 bridgehead atoms. The van der Waals surface area contributed by atoms with E-state index in [9.17, 15) is 28.8 Å². The van der Waals surface area contributed by atoms with Gasteiger partial charge in [-0.1, -0.05) is 0 Å². The summed E-state index contributed by atoms with van der Waals surface area (Å²) in [6, 6.07) is 0. The van der Waals surface area contributed by atoms with E-state index in [1.165, 1.54) is 0 Å². The van der Waals surface area contributed by atoms with Gasteiger partial charge in [0.2, 0.25) is 5.41 Å². The molecule has 0 aliphatic heterocycles. The maximum absolute atomic E-state index is 11.7. The van der Waals surface area contributed by atoms with Crippen LogP contribution in [0.5, 0.6) is 0 Å². The van der Waals surface area contributed by atoms with Crippen LogP contribution in [-0.4, -0.2) is 42.4 Å². The van der Waals surface area contributed by atoms with Gasteiger partial charge in [-0.25, -0.2) is 4.79 Å². The summed E-state index contributed by atoms with van der Waals surface area (Å²) >= 11 is -3.58. The van der Waals surface area contributed by atoms with E-state index in [1.54, 1.807) is 0 Å². The van der Waals surface area contributed by atoms with Crippen molar-refractivity contribution in [2.45, 2.75) is 27.7 Å². The normalized spacial score (nSPS) is 9.73. The average molecular weight is 354 g/mol. The molecule has 0 radical (unpaired) electrons. The summed E-state index contributed by atoms with van der Waals surface area (Å²) in [7, 11) is 0. The van der Waals surface area contributed by atoms with Crippen molar-refractivity contribution < 1.29 is 62.8 Å². The Hall–Kier alpha value is -1.75. The molecule has 22 heavy (non-hydrogen) atoms. The molecule has 10 nitrogen and oxygen atoms in total. The molecule has 0 saturated heterocycles. The van der Waals surface area contributed by atoms with Gasteiger partial charge in [-0.2, -0.15) is 0 Å². The van der Waals surface area contributed by atoms with Gasteiger partial charge >= 0.3 is 41.3 Å². The molecule has 0 aliphatic rings. The minimum absolute atomic E-state index is 0.835. The predicted octanol–water partition coefficient (Wildman–Crippen LogP) is -1.84. The molecule has 0 aromatic heterocycles. The number of esters is 2. The zero-order chi connectivity index (χ0) is 18.2. The van der Waals surface area contributed by atoms with Gasteiger partial charge in [0, 0.05) is 6.92 Å². The van der Waals surface area contributed by atoms with Crippen molar-refractivity contribution >= 4 is 35.1 Å². The summed E-state index contributed by atoms with van der Waals surface area (Å²) in [4.78, 5) is 67.8. The van der Waals surface area contributed by atoms with Crippen LogP contribution < -0.4 is 0 Å². The van der Waals surface area contributed by atoms with Crippen molar-refractivity contribution in [2.24, 2.45) is 5.41 Å². The second-order valence-electron chi connectivity index (χ2n) is 3.91. The Bertz CT molecular complexity index is 507. The molecule has 0 aromatic rings. The summed E-state index contributed by atoms with van der Waals surface area (Å²) < 4.78 is 27.2. The van der Waals surface area contributed by atoms with Crippen LogP contribution in [0.15, 0.2) is 0 Å². The predicted molar refractivity (Wildman–Crippen MR) is 61.4 cm³/mol. The summed E-state index contributed by atoms with van der Waals surface area (Å²) in [6.45, 7) is 3.37. The van der Waals surface area contributed by atoms with E-state index in [0.29, 0.717) is 0 Å². The summed E-state index contributed by atoms with van der Waals surface area (Å²) in [5, 5.41) is 0. The van der Waals surface area contributed by atoms with E-state index < -0.39 is 59.1 Å². The molecule has 0 saturated carbocycles. The Morgan fingerprint density at radius 3 is 1.27 bits per heavy atom.